The van der Waals surface area contributed by atoms with Crippen molar-refractivity contribution in [3.63, 3.8) is 0 Å². The standard InChI is InChI=1S/C26H22N2O/c29-26-23-18-21(19-10-4-1-5-11-19)16-17-24(23)27-25(20-12-6-2-7-13-20)28(26)22-14-8-3-9-15-22/h1-2,4-8,10-18,25,27H,3,9H2. The van der Waals surface area contributed by atoms with Gasteiger partial charge in [-0.05, 0) is 47.7 Å². The van der Waals surface area contributed by atoms with E-state index in [9.17, 15) is 4.79 Å². The topological polar surface area (TPSA) is 32.3 Å². The molecule has 3 aromatic carbocycles. The number of nitrogens with one attached hydrogen (secondary N) is 1. The summed E-state index contributed by atoms with van der Waals surface area (Å²) in [5, 5.41) is 3.60. The summed E-state index contributed by atoms with van der Waals surface area (Å²) >= 11 is 0. The third-order valence-electron chi connectivity index (χ3n) is 5.50. The van der Waals surface area contributed by atoms with Crippen LogP contribution in [0.15, 0.2) is 103 Å². The van der Waals surface area contributed by atoms with Gasteiger partial charge in [-0.2, -0.15) is 0 Å². The second kappa shape index (κ2) is 7.44. The first-order valence-electron chi connectivity index (χ1n) is 10.0. The summed E-state index contributed by atoms with van der Waals surface area (Å²) < 4.78 is 0. The lowest BCUT2D eigenvalue weighted by Crippen LogP contribution is -2.42. The molecule has 3 aromatic rings. The van der Waals surface area contributed by atoms with Crippen LogP contribution in [-0.2, 0) is 0 Å². The molecule has 1 unspecified atom stereocenters. The summed E-state index contributed by atoms with van der Waals surface area (Å²) in [4.78, 5) is 15.6. The van der Waals surface area contributed by atoms with Gasteiger partial charge in [0.15, 0.2) is 0 Å². The van der Waals surface area contributed by atoms with Gasteiger partial charge in [-0.3, -0.25) is 9.69 Å². The molecule has 1 aliphatic heterocycles. The van der Waals surface area contributed by atoms with Crippen molar-refractivity contribution >= 4 is 11.6 Å². The molecule has 1 aliphatic carbocycles. The van der Waals surface area contributed by atoms with Gasteiger partial charge in [0, 0.05) is 11.4 Å². The Labute approximate surface area is 171 Å². The molecule has 3 heteroatoms. The van der Waals surface area contributed by atoms with Crippen molar-refractivity contribution in [1.29, 1.82) is 0 Å². The number of carbonyl (C=O) groups excluding carboxylic acids is 1. The van der Waals surface area contributed by atoms with Crippen molar-refractivity contribution in [2.75, 3.05) is 5.32 Å². The maximum atomic E-state index is 13.7. The number of allylic oxidation sites excluding steroid dienone is 3. The number of amides is 1. The quantitative estimate of drug-likeness (QED) is 0.592. The molecule has 29 heavy (non-hydrogen) atoms. The normalized spacial score (nSPS) is 18.1. The highest BCUT2D eigenvalue weighted by Crippen LogP contribution is 2.38. The fourth-order valence-corrected chi connectivity index (χ4v) is 4.03. The Morgan fingerprint density at radius 1 is 0.828 bits per heavy atom. The first kappa shape index (κ1) is 17.5. The van der Waals surface area contributed by atoms with Crippen LogP contribution in [0.1, 0.15) is 34.9 Å². The van der Waals surface area contributed by atoms with Gasteiger partial charge in [-0.1, -0.05) is 78.9 Å². The molecule has 0 radical (unpaired) electrons. The van der Waals surface area contributed by atoms with Crippen molar-refractivity contribution in [3.05, 3.63) is 114 Å². The van der Waals surface area contributed by atoms with Crippen LogP contribution in [0.3, 0.4) is 0 Å². The molecular formula is C26H22N2O. The van der Waals surface area contributed by atoms with Crippen LogP contribution in [0.4, 0.5) is 5.69 Å². The van der Waals surface area contributed by atoms with E-state index in [0.717, 1.165) is 40.9 Å². The van der Waals surface area contributed by atoms with Gasteiger partial charge < -0.3 is 5.32 Å². The molecule has 142 valence electrons. The molecule has 3 nitrogen and oxygen atoms in total. The molecule has 0 bridgehead atoms. The molecule has 0 aromatic heterocycles. The van der Waals surface area contributed by atoms with Crippen LogP contribution >= 0.6 is 0 Å². The molecule has 0 fully saturated rings. The summed E-state index contributed by atoms with van der Waals surface area (Å²) in [6.07, 6.45) is 8.10. The van der Waals surface area contributed by atoms with Crippen LogP contribution in [-0.4, -0.2) is 10.8 Å². The lowest BCUT2D eigenvalue weighted by molar-refractivity contribution is 0.0755. The largest absolute Gasteiger partial charge is 0.360 e. The van der Waals surface area contributed by atoms with Crippen molar-refractivity contribution in [2.45, 2.75) is 19.0 Å². The highest BCUT2D eigenvalue weighted by atomic mass is 16.2. The SMILES string of the molecule is O=C1c2cc(-c3ccccc3)ccc2NC(c2ccccc2)N1C1=CCCC=C1. The predicted octanol–water partition coefficient (Wildman–Crippen LogP) is 6.15. The van der Waals surface area contributed by atoms with E-state index >= 15 is 0 Å². The van der Waals surface area contributed by atoms with E-state index in [4.69, 9.17) is 0 Å². The number of anilines is 1. The third kappa shape index (κ3) is 3.25. The van der Waals surface area contributed by atoms with Crippen LogP contribution < -0.4 is 5.32 Å². The number of hydrogen-bond donors (Lipinski definition) is 1. The lowest BCUT2D eigenvalue weighted by Gasteiger charge is -2.39. The molecule has 2 aliphatic rings. The zero-order valence-electron chi connectivity index (χ0n) is 16.1. The van der Waals surface area contributed by atoms with Gasteiger partial charge in [-0.15, -0.1) is 0 Å². The van der Waals surface area contributed by atoms with Crippen LogP contribution in [0, 0.1) is 0 Å². The lowest BCUT2D eigenvalue weighted by atomic mass is 9.97. The average Bonchev–Trinajstić information content (AvgIpc) is 2.80. The molecule has 0 spiro atoms. The molecule has 0 saturated heterocycles. The molecule has 1 heterocycles. The maximum absolute atomic E-state index is 13.7. The number of nitrogens with zero attached hydrogens (tertiary/aromatic N) is 1. The average molecular weight is 378 g/mol. The van der Waals surface area contributed by atoms with E-state index in [0.29, 0.717) is 5.56 Å². The monoisotopic (exact) mass is 378 g/mol. The van der Waals surface area contributed by atoms with E-state index in [1.807, 2.05) is 53.4 Å². The fourth-order valence-electron chi connectivity index (χ4n) is 4.03. The number of hydrogen-bond acceptors (Lipinski definition) is 2. The zero-order valence-corrected chi connectivity index (χ0v) is 16.1. The number of benzene rings is 3. The van der Waals surface area contributed by atoms with Crippen molar-refractivity contribution in [1.82, 2.24) is 4.90 Å². The minimum Gasteiger partial charge on any atom is -0.360 e. The van der Waals surface area contributed by atoms with Crippen molar-refractivity contribution < 1.29 is 4.79 Å². The Balaban J connectivity index is 1.61. The van der Waals surface area contributed by atoms with E-state index in [1.165, 1.54) is 0 Å². The second-order valence-corrected chi connectivity index (χ2v) is 7.37. The minimum absolute atomic E-state index is 0.0307. The maximum Gasteiger partial charge on any atom is 0.262 e. The Kier molecular flexibility index (Phi) is 4.49. The van der Waals surface area contributed by atoms with Crippen LogP contribution in [0.5, 0.6) is 0 Å². The highest BCUT2D eigenvalue weighted by molar-refractivity contribution is 6.04. The summed E-state index contributed by atoms with van der Waals surface area (Å²) in [6, 6.07) is 26.4. The zero-order chi connectivity index (χ0) is 19.6. The third-order valence-corrected chi connectivity index (χ3v) is 5.50. The predicted molar refractivity (Wildman–Crippen MR) is 117 cm³/mol. The minimum atomic E-state index is -0.229. The molecular weight excluding hydrogens is 356 g/mol. The summed E-state index contributed by atoms with van der Waals surface area (Å²) in [6.45, 7) is 0. The van der Waals surface area contributed by atoms with E-state index in [-0.39, 0.29) is 12.1 Å². The molecule has 0 saturated carbocycles. The van der Waals surface area contributed by atoms with Crippen LogP contribution in [0.25, 0.3) is 11.1 Å². The first-order valence-corrected chi connectivity index (χ1v) is 10.0. The van der Waals surface area contributed by atoms with Gasteiger partial charge in [0.05, 0.1) is 5.56 Å². The Morgan fingerprint density at radius 3 is 2.31 bits per heavy atom. The summed E-state index contributed by atoms with van der Waals surface area (Å²) in [7, 11) is 0. The van der Waals surface area contributed by atoms with E-state index < -0.39 is 0 Å². The first-order chi connectivity index (χ1) is 14.3. The van der Waals surface area contributed by atoms with Gasteiger partial charge in [0.25, 0.3) is 5.91 Å². The molecule has 5 rings (SSSR count). The van der Waals surface area contributed by atoms with Gasteiger partial charge >= 0.3 is 0 Å². The Hall–Kier alpha value is -3.59. The number of rotatable bonds is 3. The summed E-state index contributed by atoms with van der Waals surface area (Å²) in [5.41, 5.74) is 5.76. The molecule has 1 amide bonds. The van der Waals surface area contributed by atoms with Gasteiger partial charge in [0.1, 0.15) is 6.17 Å². The molecule has 1 atom stereocenters. The smallest absolute Gasteiger partial charge is 0.262 e. The highest BCUT2D eigenvalue weighted by Gasteiger charge is 2.35. The Bertz CT molecular complexity index is 1100. The second-order valence-electron chi connectivity index (χ2n) is 7.37. The fraction of sp³-hybridized carbons (Fsp3) is 0.115. The van der Waals surface area contributed by atoms with Gasteiger partial charge in [0.2, 0.25) is 0 Å². The Morgan fingerprint density at radius 2 is 1.59 bits per heavy atom. The van der Waals surface area contributed by atoms with Gasteiger partial charge in [-0.25, -0.2) is 0 Å². The van der Waals surface area contributed by atoms with E-state index in [1.54, 1.807) is 0 Å². The number of carbonyl (C=O) groups is 1. The van der Waals surface area contributed by atoms with E-state index in [2.05, 4.69) is 53.9 Å². The number of fused-ring (bicyclic) bond motifs is 1. The summed E-state index contributed by atoms with van der Waals surface area (Å²) in [5.74, 6) is 0.0307. The van der Waals surface area contributed by atoms with Crippen LogP contribution in [0.2, 0.25) is 0 Å². The van der Waals surface area contributed by atoms with Crippen molar-refractivity contribution in [2.24, 2.45) is 0 Å². The molecule has 1 N–H and O–H groups in total. The van der Waals surface area contributed by atoms with Crippen molar-refractivity contribution in [3.8, 4) is 11.1 Å².